The van der Waals surface area contributed by atoms with Crippen LogP contribution < -0.4 is 0 Å². The minimum absolute atomic E-state index is 0.00362. The van der Waals surface area contributed by atoms with Crippen LogP contribution in [0.3, 0.4) is 0 Å². The molecule has 1 aliphatic carbocycles. The zero-order chi connectivity index (χ0) is 17.1. The van der Waals surface area contributed by atoms with Gasteiger partial charge in [0.05, 0.1) is 7.11 Å². The second kappa shape index (κ2) is 11.1. The average Bonchev–Trinajstić information content (AvgIpc) is 2.89. The molecule has 0 unspecified atom stereocenters. The van der Waals surface area contributed by atoms with E-state index in [9.17, 15) is 14.4 Å². The Morgan fingerprint density at radius 3 is 2.48 bits per heavy atom. The molecule has 0 aromatic carbocycles. The zero-order valence-corrected chi connectivity index (χ0v) is 14.5. The standard InChI is InChI=1S/C19H30O4/c1-3-4-5-8-16(20)13-11-15-12-14-18(21)17(15)9-6-7-10-19(22)23-2/h12,14-15,17H,3-11,13H2,1-2H3/t15-,17-/m0/s1. The van der Waals surface area contributed by atoms with Gasteiger partial charge in [-0.1, -0.05) is 32.3 Å². The van der Waals surface area contributed by atoms with Crippen molar-refractivity contribution in [1.82, 2.24) is 0 Å². The minimum Gasteiger partial charge on any atom is -0.469 e. The molecule has 0 heterocycles. The Hall–Kier alpha value is -1.45. The molecule has 0 aliphatic heterocycles. The number of hydrogen-bond acceptors (Lipinski definition) is 4. The van der Waals surface area contributed by atoms with Crippen LogP contribution in [0.4, 0.5) is 0 Å². The summed E-state index contributed by atoms with van der Waals surface area (Å²) in [6, 6.07) is 0. The fourth-order valence-electron chi connectivity index (χ4n) is 3.10. The van der Waals surface area contributed by atoms with E-state index < -0.39 is 0 Å². The van der Waals surface area contributed by atoms with Crippen molar-refractivity contribution in [2.75, 3.05) is 7.11 Å². The summed E-state index contributed by atoms with van der Waals surface area (Å²) in [5, 5.41) is 0. The lowest BCUT2D eigenvalue weighted by Crippen LogP contribution is -2.17. The fourth-order valence-corrected chi connectivity index (χ4v) is 3.10. The predicted octanol–water partition coefficient (Wildman–Crippen LogP) is 4.02. The van der Waals surface area contributed by atoms with E-state index in [1.807, 2.05) is 6.08 Å². The molecule has 1 aliphatic rings. The maximum atomic E-state index is 12.0. The van der Waals surface area contributed by atoms with E-state index in [1.165, 1.54) is 7.11 Å². The number of rotatable bonds is 12. The third-order valence-corrected chi connectivity index (χ3v) is 4.58. The Bertz CT molecular complexity index is 425. The van der Waals surface area contributed by atoms with Crippen LogP contribution in [0.25, 0.3) is 0 Å². The predicted molar refractivity (Wildman–Crippen MR) is 90.0 cm³/mol. The molecule has 4 nitrogen and oxygen atoms in total. The molecule has 2 atom stereocenters. The lowest BCUT2D eigenvalue weighted by molar-refractivity contribution is -0.140. The van der Waals surface area contributed by atoms with Gasteiger partial charge in [-0.2, -0.15) is 0 Å². The molecule has 0 N–H and O–H groups in total. The van der Waals surface area contributed by atoms with Gasteiger partial charge in [0.1, 0.15) is 5.78 Å². The van der Waals surface area contributed by atoms with Crippen LogP contribution >= 0.6 is 0 Å². The van der Waals surface area contributed by atoms with Crippen molar-refractivity contribution in [3.05, 3.63) is 12.2 Å². The molecule has 130 valence electrons. The second-order valence-electron chi connectivity index (χ2n) is 6.39. The first kappa shape index (κ1) is 19.6. The van der Waals surface area contributed by atoms with Crippen LogP contribution in [-0.4, -0.2) is 24.6 Å². The highest BCUT2D eigenvalue weighted by atomic mass is 16.5. The number of hydrogen-bond donors (Lipinski definition) is 0. The summed E-state index contributed by atoms with van der Waals surface area (Å²) in [6.45, 7) is 2.13. The SMILES string of the molecule is CCCCCC(=O)CC[C@H]1C=CC(=O)[C@H]1CCCCC(=O)OC. The number of esters is 1. The maximum Gasteiger partial charge on any atom is 0.305 e. The van der Waals surface area contributed by atoms with E-state index in [-0.39, 0.29) is 23.6 Å². The van der Waals surface area contributed by atoms with Gasteiger partial charge in [-0.3, -0.25) is 14.4 Å². The van der Waals surface area contributed by atoms with Gasteiger partial charge in [-0.15, -0.1) is 0 Å². The van der Waals surface area contributed by atoms with Gasteiger partial charge in [0.2, 0.25) is 0 Å². The number of Topliss-reactive ketones (excluding diaryl/α,β-unsaturated/α-hetero) is 1. The Morgan fingerprint density at radius 1 is 1.04 bits per heavy atom. The van der Waals surface area contributed by atoms with Crippen molar-refractivity contribution in [3.63, 3.8) is 0 Å². The summed E-state index contributed by atoms with van der Waals surface area (Å²) < 4.78 is 4.61. The fraction of sp³-hybridized carbons (Fsp3) is 0.737. The molecule has 23 heavy (non-hydrogen) atoms. The number of allylic oxidation sites excluding steroid dienone is 2. The number of carbonyl (C=O) groups is 3. The van der Waals surface area contributed by atoms with Crippen LogP contribution in [0.1, 0.15) is 71.1 Å². The first-order chi connectivity index (χ1) is 11.1. The van der Waals surface area contributed by atoms with Gasteiger partial charge in [0.15, 0.2) is 5.78 Å². The van der Waals surface area contributed by atoms with Crippen LogP contribution in [0.2, 0.25) is 0 Å². The zero-order valence-electron chi connectivity index (χ0n) is 14.5. The maximum absolute atomic E-state index is 12.0. The van der Waals surface area contributed by atoms with E-state index in [0.29, 0.717) is 25.0 Å². The van der Waals surface area contributed by atoms with Crippen LogP contribution in [0.5, 0.6) is 0 Å². The van der Waals surface area contributed by atoms with Crippen molar-refractivity contribution in [2.24, 2.45) is 11.8 Å². The molecule has 1 rings (SSSR count). The van der Waals surface area contributed by atoms with E-state index in [4.69, 9.17) is 0 Å². The van der Waals surface area contributed by atoms with E-state index in [0.717, 1.165) is 44.9 Å². The van der Waals surface area contributed by atoms with Gasteiger partial charge >= 0.3 is 5.97 Å². The normalized spacial score (nSPS) is 20.0. The summed E-state index contributed by atoms with van der Waals surface area (Å²) in [6.07, 6.45) is 11.6. The molecule has 0 saturated heterocycles. The van der Waals surface area contributed by atoms with E-state index in [2.05, 4.69) is 11.7 Å². The van der Waals surface area contributed by atoms with Gasteiger partial charge in [-0.05, 0) is 37.7 Å². The van der Waals surface area contributed by atoms with E-state index in [1.54, 1.807) is 6.08 Å². The van der Waals surface area contributed by atoms with Crippen LogP contribution in [-0.2, 0) is 19.1 Å². The molecule has 0 fully saturated rings. The molecule has 0 amide bonds. The Labute approximate surface area is 139 Å². The summed E-state index contributed by atoms with van der Waals surface area (Å²) in [7, 11) is 1.39. The Morgan fingerprint density at radius 2 is 1.78 bits per heavy atom. The first-order valence-electron chi connectivity index (χ1n) is 8.89. The van der Waals surface area contributed by atoms with Crippen molar-refractivity contribution in [3.8, 4) is 0 Å². The molecule has 0 spiro atoms. The largest absolute Gasteiger partial charge is 0.469 e. The topological polar surface area (TPSA) is 60.4 Å². The summed E-state index contributed by atoms with van der Waals surface area (Å²) >= 11 is 0. The molecule has 0 bridgehead atoms. The number of ether oxygens (including phenoxy) is 1. The number of methoxy groups -OCH3 is 1. The molecular formula is C19H30O4. The van der Waals surface area contributed by atoms with Crippen LogP contribution in [0, 0.1) is 11.8 Å². The highest BCUT2D eigenvalue weighted by Crippen LogP contribution is 2.31. The summed E-state index contributed by atoms with van der Waals surface area (Å²) in [5.41, 5.74) is 0. The quantitative estimate of drug-likeness (QED) is 0.402. The van der Waals surface area contributed by atoms with Gasteiger partial charge < -0.3 is 4.74 Å². The van der Waals surface area contributed by atoms with Gasteiger partial charge in [-0.25, -0.2) is 0 Å². The van der Waals surface area contributed by atoms with Gasteiger partial charge in [0.25, 0.3) is 0 Å². The van der Waals surface area contributed by atoms with Crippen molar-refractivity contribution >= 4 is 17.5 Å². The highest BCUT2D eigenvalue weighted by Gasteiger charge is 2.29. The van der Waals surface area contributed by atoms with Gasteiger partial charge in [0, 0.05) is 25.2 Å². The van der Waals surface area contributed by atoms with Crippen LogP contribution in [0.15, 0.2) is 12.2 Å². The molecule has 0 saturated carbocycles. The average molecular weight is 322 g/mol. The molecule has 0 aromatic rings. The van der Waals surface area contributed by atoms with Crippen molar-refractivity contribution < 1.29 is 19.1 Å². The number of unbranched alkanes of at least 4 members (excludes halogenated alkanes) is 3. The number of carbonyl (C=O) groups excluding carboxylic acids is 3. The smallest absolute Gasteiger partial charge is 0.305 e. The highest BCUT2D eigenvalue weighted by molar-refractivity contribution is 5.94. The lowest BCUT2D eigenvalue weighted by atomic mass is 9.85. The third kappa shape index (κ3) is 7.58. The molecular weight excluding hydrogens is 292 g/mol. The summed E-state index contributed by atoms with van der Waals surface area (Å²) in [5.74, 6) is 0.476. The Kier molecular flexibility index (Phi) is 9.49. The number of ketones is 2. The van der Waals surface area contributed by atoms with E-state index >= 15 is 0 Å². The molecule has 0 radical (unpaired) electrons. The van der Waals surface area contributed by atoms with Crippen molar-refractivity contribution in [1.29, 1.82) is 0 Å². The minimum atomic E-state index is -0.199. The lowest BCUT2D eigenvalue weighted by Gasteiger charge is -2.17. The Balaban J connectivity index is 2.27. The monoisotopic (exact) mass is 322 g/mol. The summed E-state index contributed by atoms with van der Waals surface area (Å²) in [4.78, 5) is 34.9. The molecule has 0 aromatic heterocycles. The first-order valence-corrected chi connectivity index (χ1v) is 8.89. The van der Waals surface area contributed by atoms with Crippen molar-refractivity contribution in [2.45, 2.75) is 71.1 Å². The molecule has 4 heteroatoms. The second-order valence-corrected chi connectivity index (χ2v) is 6.39. The third-order valence-electron chi connectivity index (χ3n) is 4.58.